The lowest BCUT2D eigenvalue weighted by molar-refractivity contribution is -0.136. The maximum Gasteiger partial charge on any atom is 0.245 e. The minimum atomic E-state index is -0.355. The number of fused-ring (bicyclic) bond motifs is 1. The van der Waals surface area contributed by atoms with E-state index in [-0.39, 0.29) is 11.9 Å². The summed E-state index contributed by atoms with van der Waals surface area (Å²) in [6, 6.07) is 9.82. The van der Waals surface area contributed by atoms with Gasteiger partial charge in [0.05, 0.1) is 12.7 Å². The van der Waals surface area contributed by atoms with Crippen LogP contribution in [0.1, 0.15) is 24.4 Å². The predicted octanol–water partition coefficient (Wildman–Crippen LogP) is 1.88. The zero-order valence-corrected chi connectivity index (χ0v) is 13.9. The van der Waals surface area contributed by atoms with Crippen LogP contribution in [-0.4, -0.2) is 42.1 Å². The molecule has 3 aromatic rings. The predicted molar refractivity (Wildman–Crippen MR) is 91.3 cm³/mol. The van der Waals surface area contributed by atoms with Gasteiger partial charge in [-0.1, -0.05) is 30.3 Å². The minimum absolute atomic E-state index is 0.0772. The number of benzene rings is 1. The molecule has 2 aromatic heterocycles. The summed E-state index contributed by atoms with van der Waals surface area (Å²) in [5, 5.41) is 8.51. The maximum atomic E-state index is 12.8. The molecule has 1 atom stereocenters. The SMILES string of the molecule is C[C@@H]1C(=O)N(CCc2ccccc2)Cc2nnc(-c3cnccn3)n21. The fraction of sp³-hybridized carbons (Fsp3) is 0.278. The second-order valence-corrected chi connectivity index (χ2v) is 6.07. The highest BCUT2D eigenvalue weighted by Crippen LogP contribution is 2.27. The molecule has 4 rings (SSSR count). The molecule has 0 bridgehead atoms. The number of hydrogen-bond acceptors (Lipinski definition) is 5. The number of hydrogen-bond donors (Lipinski definition) is 0. The first-order chi connectivity index (χ1) is 12.2. The van der Waals surface area contributed by atoms with Crippen LogP contribution in [0.4, 0.5) is 0 Å². The summed E-state index contributed by atoms with van der Waals surface area (Å²) < 4.78 is 1.87. The average molecular weight is 334 g/mol. The molecule has 1 amide bonds. The van der Waals surface area contributed by atoms with Crippen molar-refractivity contribution in [1.82, 2.24) is 29.6 Å². The van der Waals surface area contributed by atoms with E-state index in [1.165, 1.54) is 5.56 Å². The summed E-state index contributed by atoms with van der Waals surface area (Å²) in [5.74, 6) is 1.45. The standard InChI is InChI=1S/C18H18N6O/c1-13-18(25)23(10-7-14-5-3-2-4-6-14)12-16-21-22-17(24(13)16)15-11-19-8-9-20-15/h2-6,8-9,11,13H,7,10,12H2,1H3/t13-/m1/s1. The van der Waals surface area contributed by atoms with Gasteiger partial charge < -0.3 is 4.90 Å². The lowest BCUT2D eigenvalue weighted by Gasteiger charge is -2.32. The monoisotopic (exact) mass is 334 g/mol. The summed E-state index contributed by atoms with van der Waals surface area (Å²) in [4.78, 5) is 23.0. The van der Waals surface area contributed by atoms with Crippen molar-refractivity contribution in [3.05, 3.63) is 60.3 Å². The highest BCUT2D eigenvalue weighted by Gasteiger charge is 2.33. The topological polar surface area (TPSA) is 76.8 Å². The Balaban J connectivity index is 1.57. The van der Waals surface area contributed by atoms with Crippen LogP contribution in [0.3, 0.4) is 0 Å². The highest BCUT2D eigenvalue weighted by atomic mass is 16.2. The van der Waals surface area contributed by atoms with Gasteiger partial charge in [0.1, 0.15) is 11.7 Å². The lowest BCUT2D eigenvalue weighted by atomic mass is 10.1. The first-order valence-electron chi connectivity index (χ1n) is 8.27. The molecule has 3 heterocycles. The molecule has 25 heavy (non-hydrogen) atoms. The Bertz CT molecular complexity index is 877. The Kier molecular flexibility index (Phi) is 3.97. The zero-order chi connectivity index (χ0) is 17.2. The van der Waals surface area contributed by atoms with Gasteiger partial charge in [-0.3, -0.25) is 14.3 Å². The third-order valence-electron chi connectivity index (χ3n) is 4.46. The van der Waals surface area contributed by atoms with E-state index in [0.717, 1.165) is 12.2 Å². The van der Waals surface area contributed by atoms with Gasteiger partial charge in [-0.15, -0.1) is 10.2 Å². The quantitative estimate of drug-likeness (QED) is 0.728. The number of amides is 1. The van der Waals surface area contributed by atoms with Crippen LogP contribution in [-0.2, 0) is 17.8 Å². The molecule has 0 aliphatic carbocycles. The second kappa shape index (κ2) is 6.43. The van der Waals surface area contributed by atoms with Crippen molar-refractivity contribution in [2.24, 2.45) is 0 Å². The van der Waals surface area contributed by atoms with Crippen LogP contribution >= 0.6 is 0 Å². The van der Waals surface area contributed by atoms with Gasteiger partial charge in [-0.25, -0.2) is 4.98 Å². The van der Waals surface area contributed by atoms with Gasteiger partial charge in [0.25, 0.3) is 0 Å². The van der Waals surface area contributed by atoms with Gasteiger partial charge in [-0.2, -0.15) is 0 Å². The Morgan fingerprint density at radius 3 is 2.76 bits per heavy atom. The van der Waals surface area contributed by atoms with Crippen molar-refractivity contribution in [2.75, 3.05) is 6.54 Å². The number of carbonyl (C=O) groups excluding carboxylic acids is 1. The Labute approximate surface area is 145 Å². The van der Waals surface area contributed by atoms with Crippen LogP contribution < -0.4 is 0 Å². The number of carbonyl (C=O) groups is 1. The molecule has 7 heteroatoms. The first kappa shape index (κ1) is 15.4. The highest BCUT2D eigenvalue weighted by molar-refractivity contribution is 5.81. The number of aromatic nitrogens is 5. The van der Waals surface area contributed by atoms with E-state index in [0.29, 0.717) is 24.6 Å². The van der Waals surface area contributed by atoms with E-state index in [1.807, 2.05) is 34.6 Å². The fourth-order valence-corrected chi connectivity index (χ4v) is 3.15. The van der Waals surface area contributed by atoms with Crippen molar-refractivity contribution < 1.29 is 4.79 Å². The van der Waals surface area contributed by atoms with Crippen LogP contribution in [0.2, 0.25) is 0 Å². The number of rotatable bonds is 4. The van der Waals surface area contributed by atoms with Crippen molar-refractivity contribution in [3.63, 3.8) is 0 Å². The first-order valence-corrected chi connectivity index (χ1v) is 8.27. The largest absolute Gasteiger partial charge is 0.333 e. The van der Waals surface area contributed by atoms with Gasteiger partial charge in [-0.05, 0) is 18.9 Å². The van der Waals surface area contributed by atoms with Crippen LogP contribution in [0.25, 0.3) is 11.5 Å². The summed E-state index contributed by atoms with van der Waals surface area (Å²) in [6.07, 6.45) is 5.68. The molecular weight excluding hydrogens is 316 g/mol. The second-order valence-electron chi connectivity index (χ2n) is 6.07. The van der Waals surface area contributed by atoms with Crippen LogP contribution in [0, 0.1) is 0 Å². The molecule has 0 saturated heterocycles. The van der Waals surface area contributed by atoms with Crippen molar-refractivity contribution in [3.8, 4) is 11.5 Å². The summed E-state index contributed by atoms with van der Waals surface area (Å²) >= 11 is 0. The van der Waals surface area contributed by atoms with E-state index in [4.69, 9.17) is 0 Å². The van der Waals surface area contributed by atoms with Crippen LogP contribution in [0.5, 0.6) is 0 Å². The van der Waals surface area contributed by atoms with Gasteiger partial charge >= 0.3 is 0 Å². The molecule has 1 aliphatic rings. The summed E-state index contributed by atoms with van der Waals surface area (Å²) in [6.45, 7) is 3.01. The van der Waals surface area contributed by atoms with E-state index in [1.54, 1.807) is 18.6 Å². The summed E-state index contributed by atoms with van der Waals surface area (Å²) in [5.41, 5.74) is 1.84. The molecule has 1 aromatic carbocycles. The van der Waals surface area contributed by atoms with Crippen LogP contribution in [0.15, 0.2) is 48.9 Å². The molecule has 7 nitrogen and oxygen atoms in total. The van der Waals surface area contributed by atoms with E-state index >= 15 is 0 Å². The smallest absolute Gasteiger partial charge is 0.245 e. The molecule has 0 saturated carbocycles. The number of nitrogens with zero attached hydrogens (tertiary/aromatic N) is 6. The van der Waals surface area contributed by atoms with Crippen molar-refractivity contribution in [2.45, 2.75) is 25.9 Å². The van der Waals surface area contributed by atoms with Gasteiger partial charge in [0, 0.05) is 18.9 Å². The third kappa shape index (κ3) is 2.88. The summed E-state index contributed by atoms with van der Waals surface area (Å²) in [7, 11) is 0. The molecule has 0 fully saturated rings. The molecular formula is C18H18N6O. The molecule has 0 spiro atoms. The Morgan fingerprint density at radius 2 is 2.00 bits per heavy atom. The van der Waals surface area contributed by atoms with E-state index < -0.39 is 0 Å². The van der Waals surface area contributed by atoms with E-state index in [2.05, 4.69) is 32.3 Å². The van der Waals surface area contributed by atoms with Crippen molar-refractivity contribution >= 4 is 5.91 Å². The van der Waals surface area contributed by atoms with Crippen molar-refractivity contribution in [1.29, 1.82) is 0 Å². The molecule has 0 N–H and O–H groups in total. The Hall–Kier alpha value is -3.09. The fourth-order valence-electron chi connectivity index (χ4n) is 3.15. The normalized spacial score (nSPS) is 16.8. The molecule has 126 valence electrons. The zero-order valence-electron chi connectivity index (χ0n) is 13.9. The lowest BCUT2D eigenvalue weighted by Crippen LogP contribution is -2.42. The minimum Gasteiger partial charge on any atom is -0.333 e. The average Bonchev–Trinajstić information content (AvgIpc) is 3.09. The molecule has 0 radical (unpaired) electrons. The van der Waals surface area contributed by atoms with Gasteiger partial charge in [0.15, 0.2) is 11.6 Å². The van der Waals surface area contributed by atoms with Gasteiger partial charge in [0.2, 0.25) is 5.91 Å². The van der Waals surface area contributed by atoms with E-state index in [9.17, 15) is 4.79 Å². The Morgan fingerprint density at radius 1 is 1.16 bits per heavy atom. The molecule has 0 unspecified atom stereocenters. The third-order valence-corrected chi connectivity index (χ3v) is 4.46. The molecule has 1 aliphatic heterocycles. The maximum absolute atomic E-state index is 12.8.